The van der Waals surface area contributed by atoms with Crippen LogP contribution < -0.4 is 0 Å². The van der Waals surface area contributed by atoms with Crippen LogP contribution in [0.2, 0.25) is 0 Å². The van der Waals surface area contributed by atoms with E-state index in [4.69, 9.17) is 4.74 Å². The summed E-state index contributed by atoms with van der Waals surface area (Å²) in [5.41, 5.74) is 0.170. The molecule has 8 heteroatoms. The van der Waals surface area contributed by atoms with Crippen molar-refractivity contribution in [2.24, 2.45) is 0 Å². The van der Waals surface area contributed by atoms with Crippen LogP contribution in [-0.2, 0) is 32.9 Å². The largest absolute Gasteiger partial charge is 0.457 e. The van der Waals surface area contributed by atoms with E-state index in [0.29, 0.717) is 38.3 Å². The highest BCUT2D eigenvalue weighted by atomic mass is 16.5. The fraction of sp³-hybridized carbons (Fsp3) is 0.550. The first-order valence-electron chi connectivity index (χ1n) is 9.80. The molecule has 0 spiro atoms. The Bertz CT molecular complexity index is 797. The molecule has 28 heavy (non-hydrogen) atoms. The van der Waals surface area contributed by atoms with Gasteiger partial charge < -0.3 is 9.64 Å². The van der Waals surface area contributed by atoms with Crippen LogP contribution in [-0.4, -0.2) is 50.1 Å². The molecule has 0 saturated carbocycles. The summed E-state index contributed by atoms with van der Waals surface area (Å²) in [6.45, 7) is 5.47. The van der Waals surface area contributed by atoms with Crippen LogP contribution in [0, 0.1) is 0 Å². The van der Waals surface area contributed by atoms with Crippen molar-refractivity contribution in [3.8, 4) is 0 Å². The molecule has 2 aromatic rings. The molecular weight excluding hydrogens is 358 g/mol. The summed E-state index contributed by atoms with van der Waals surface area (Å²) in [5.74, 6) is 0.295. The van der Waals surface area contributed by atoms with Crippen LogP contribution in [0.4, 0.5) is 0 Å². The zero-order valence-electron chi connectivity index (χ0n) is 16.5. The van der Waals surface area contributed by atoms with E-state index >= 15 is 0 Å². The van der Waals surface area contributed by atoms with Crippen molar-refractivity contribution in [1.82, 2.24) is 25.1 Å². The minimum atomic E-state index is -0.755. The third-order valence-corrected chi connectivity index (χ3v) is 5.44. The highest BCUT2D eigenvalue weighted by Crippen LogP contribution is 2.37. The summed E-state index contributed by atoms with van der Waals surface area (Å²) in [7, 11) is 0. The Morgan fingerprint density at radius 1 is 1.18 bits per heavy atom. The summed E-state index contributed by atoms with van der Waals surface area (Å²) in [4.78, 5) is 26.7. The molecule has 150 valence electrons. The van der Waals surface area contributed by atoms with E-state index in [0.717, 1.165) is 18.4 Å². The van der Waals surface area contributed by atoms with E-state index in [1.54, 1.807) is 16.5 Å². The second-order valence-corrected chi connectivity index (χ2v) is 7.20. The van der Waals surface area contributed by atoms with Gasteiger partial charge >= 0.3 is 5.97 Å². The SMILES string of the molecule is CCCCn1nnnc1COC(=O)C1(c2ccccc2)CCN(C(C)=O)CC1. The number of nitrogens with zero attached hydrogens (tertiary/aromatic N) is 5. The van der Waals surface area contributed by atoms with Crippen molar-refractivity contribution in [2.75, 3.05) is 13.1 Å². The quantitative estimate of drug-likeness (QED) is 0.678. The molecule has 1 aliphatic heterocycles. The van der Waals surface area contributed by atoms with Gasteiger partial charge in [-0.05, 0) is 35.3 Å². The molecule has 0 unspecified atom stereocenters. The van der Waals surface area contributed by atoms with Crippen molar-refractivity contribution >= 4 is 11.9 Å². The molecule has 1 aliphatic rings. The number of amides is 1. The fourth-order valence-electron chi connectivity index (χ4n) is 3.65. The minimum Gasteiger partial charge on any atom is -0.457 e. The normalized spacial score (nSPS) is 16.0. The van der Waals surface area contributed by atoms with Crippen molar-refractivity contribution in [1.29, 1.82) is 0 Å². The average Bonchev–Trinajstić information content (AvgIpc) is 3.18. The number of carbonyl (C=O) groups excluding carboxylic acids is 2. The van der Waals surface area contributed by atoms with Gasteiger partial charge in [-0.1, -0.05) is 43.7 Å². The van der Waals surface area contributed by atoms with Gasteiger partial charge in [0.15, 0.2) is 12.4 Å². The first-order chi connectivity index (χ1) is 13.6. The lowest BCUT2D eigenvalue weighted by atomic mass is 9.72. The fourth-order valence-corrected chi connectivity index (χ4v) is 3.65. The molecule has 0 N–H and O–H groups in total. The van der Waals surface area contributed by atoms with Gasteiger partial charge in [-0.25, -0.2) is 4.68 Å². The monoisotopic (exact) mass is 385 g/mol. The molecule has 0 bridgehead atoms. The molecule has 0 aliphatic carbocycles. The summed E-state index contributed by atoms with van der Waals surface area (Å²) < 4.78 is 7.38. The number of hydrogen-bond acceptors (Lipinski definition) is 6. The van der Waals surface area contributed by atoms with Crippen molar-refractivity contribution in [2.45, 2.75) is 58.1 Å². The molecule has 0 atom stereocenters. The van der Waals surface area contributed by atoms with Crippen molar-refractivity contribution < 1.29 is 14.3 Å². The number of esters is 1. The number of aromatic nitrogens is 4. The van der Waals surface area contributed by atoms with Gasteiger partial charge in [-0.15, -0.1) is 5.10 Å². The summed E-state index contributed by atoms with van der Waals surface area (Å²) in [6, 6.07) is 9.68. The van der Waals surface area contributed by atoms with E-state index < -0.39 is 5.41 Å². The lowest BCUT2D eigenvalue weighted by Gasteiger charge is -2.40. The van der Waals surface area contributed by atoms with Crippen LogP contribution >= 0.6 is 0 Å². The zero-order chi connectivity index (χ0) is 20.0. The summed E-state index contributed by atoms with van der Waals surface area (Å²) in [6.07, 6.45) is 3.07. The van der Waals surface area contributed by atoms with Gasteiger partial charge in [0.25, 0.3) is 0 Å². The molecule has 1 saturated heterocycles. The minimum absolute atomic E-state index is 0.0325. The number of aryl methyl sites for hydroxylation is 1. The van der Waals surface area contributed by atoms with E-state index in [1.807, 2.05) is 30.3 Å². The number of rotatable bonds is 7. The van der Waals surface area contributed by atoms with Gasteiger partial charge in [0.1, 0.15) is 0 Å². The Labute approximate surface area is 164 Å². The van der Waals surface area contributed by atoms with E-state index in [9.17, 15) is 9.59 Å². The van der Waals surface area contributed by atoms with E-state index in [2.05, 4.69) is 22.4 Å². The number of hydrogen-bond donors (Lipinski definition) is 0. The average molecular weight is 385 g/mol. The zero-order valence-corrected chi connectivity index (χ0v) is 16.5. The Morgan fingerprint density at radius 3 is 2.54 bits per heavy atom. The smallest absolute Gasteiger partial charge is 0.317 e. The van der Waals surface area contributed by atoms with Gasteiger partial charge in [-0.3, -0.25) is 9.59 Å². The van der Waals surface area contributed by atoms with Crippen LogP contribution in [0.1, 0.15) is 50.9 Å². The van der Waals surface area contributed by atoms with Crippen LogP contribution in [0.5, 0.6) is 0 Å². The van der Waals surface area contributed by atoms with Gasteiger partial charge in [0.2, 0.25) is 5.91 Å². The van der Waals surface area contributed by atoms with Crippen LogP contribution in [0.3, 0.4) is 0 Å². The lowest BCUT2D eigenvalue weighted by Crippen LogP contribution is -2.49. The standard InChI is InChI=1S/C20H27N5O3/c1-3-4-12-25-18(21-22-23-25)15-28-19(27)20(17-8-6-5-7-9-17)10-13-24(14-11-20)16(2)26/h5-9H,3-4,10-15H2,1-2H3. The van der Waals surface area contributed by atoms with Crippen LogP contribution in [0.15, 0.2) is 30.3 Å². The first-order valence-corrected chi connectivity index (χ1v) is 9.80. The van der Waals surface area contributed by atoms with E-state index in [-0.39, 0.29) is 18.5 Å². The predicted molar refractivity (Wildman–Crippen MR) is 102 cm³/mol. The number of tetrazole rings is 1. The Kier molecular flexibility index (Phi) is 6.38. The van der Waals surface area contributed by atoms with Crippen molar-refractivity contribution in [3.05, 3.63) is 41.7 Å². The molecule has 3 rings (SSSR count). The number of piperidine rings is 1. The summed E-state index contributed by atoms with van der Waals surface area (Å²) in [5, 5.41) is 11.7. The Balaban J connectivity index is 1.75. The molecule has 0 radical (unpaired) electrons. The highest BCUT2D eigenvalue weighted by Gasteiger charge is 2.44. The molecular formula is C20H27N5O3. The number of benzene rings is 1. The highest BCUT2D eigenvalue weighted by molar-refractivity contribution is 5.84. The second-order valence-electron chi connectivity index (χ2n) is 7.20. The Morgan fingerprint density at radius 2 is 1.89 bits per heavy atom. The van der Waals surface area contributed by atoms with Gasteiger partial charge in [-0.2, -0.15) is 0 Å². The molecule has 1 fully saturated rings. The lowest BCUT2D eigenvalue weighted by molar-refractivity contribution is -0.156. The van der Waals surface area contributed by atoms with E-state index in [1.165, 1.54) is 0 Å². The number of ether oxygens (including phenoxy) is 1. The molecule has 1 aromatic heterocycles. The van der Waals surface area contributed by atoms with Gasteiger partial charge in [0.05, 0.1) is 5.41 Å². The van der Waals surface area contributed by atoms with Crippen molar-refractivity contribution in [3.63, 3.8) is 0 Å². The molecule has 8 nitrogen and oxygen atoms in total. The topological polar surface area (TPSA) is 90.2 Å². The third kappa shape index (κ3) is 4.21. The number of unbranched alkanes of at least 4 members (excludes halogenated alkanes) is 1. The van der Waals surface area contributed by atoms with Gasteiger partial charge in [0, 0.05) is 26.6 Å². The second kappa shape index (κ2) is 8.95. The first kappa shape index (κ1) is 20.0. The predicted octanol–water partition coefficient (Wildman–Crippen LogP) is 2.10. The molecule has 1 amide bonds. The maximum atomic E-state index is 13.2. The Hall–Kier alpha value is -2.77. The third-order valence-electron chi connectivity index (χ3n) is 5.44. The molecule has 1 aromatic carbocycles. The number of carbonyl (C=O) groups is 2. The maximum Gasteiger partial charge on any atom is 0.317 e. The summed E-state index contributed by atoms with van der Waals surface area (Å²) >= 11 is 0. The number of likely N-dealkylation sites (tertiary alicyclic amines) is 1. The molecule has 2 heterocycles. The van der Waals surface area contributed by atoms with Crippen LogP contribution in [0.25, 0.3) is 0 Å². The maximum absolute atomic E-state index is 13.2.